The molecule has 2 aromatic heterocycles. The molecule has 5 aromatic carbocycles. The fourth-order valence-corrected chi connectivity index (χ4v) is 7.57. The first-order valence-electron chi connectivity index (χ1n) is 14.4. The molecular formula is C38H32O2. The van der Waals surface area contributed by atoms with Crippen LogP contribution in [0, 0.1) is 0 Å². The van der Waals surface area contributed by atoms with Crippen LogP contribution in [0.2, 0.25) is 0 Å². The van der Waals surface area contributed by atoms with Gasteiger partial charge in [-0.15, -0.1) is 0 Å². The Hall–Kier alpha value is -4.30. The molecule has 2 heteroatoms. The van der Waals surface area contributed by atoms with Crippen molar-refractivity contribution in [3.8, 4) is 22.3 Å². The van der Waals surface area contributed by atoms with Gasteiger partial charge < -0.3 is 8.83 Å². The van der Waals surface area contributed by atoms with E-state index in [1.807, 2.05) is 13.8 Å². The summed E-state index contributed by atoms with van der Waals surface area (Å²) in [6.45, 7) is 13.5. The highest BCUT2D eigenvalue weighted by molar-refractivity contribution is 6.17. The zero-order chi connectivity index (χ0) is 27.6. The van der Waals surface area contributed by atoms with E-state index in [-0.39, 0.29) is 10.8 Å². The van der Waals surface area contributed by atoms with Crippen LogP contribution >= 0.6 is 0 Å². The van der Waals surface area contributed by atoms with Crippen LogP contribution in [0.1, 0.15) is 63.8 Å². The monoisotopic (exact) mass is 520 g/mol. The summed E-state index contributed by atoms with van der Waals surface area (Å²) >= 11 is 0. The van der Waals surface area contributed by atoms with E-state index in [4.69, 9.17) is 8.83 Å². The third-order valence-electron chi connectivity index (χ3n) is 9.48. The highest BCUT2D eigenvalue weighted by atomic mass is 16.3. The van der Waals surface area contributed by atoms with E-state index in [1.54, 1.807) is 0 Å². The topological polar surface area (TPSA) is 26.3 Å². The lowest BCUT2D eigenvalue weighted by Crippen LogP contribution is -2.16. The van der Waals surface area contributed by atoms with E-state index >= 15 is 0 Å². The van der Waals surface area contributed by atoms with E-state index in [0.29, 0.717) is 0 Å². The lowest BCUT2D eigenvalue weighted by Gasteiger charge is -2.24. The summed E-state index contributed by atoms with van der Waals surface area (Å²) in [6.07, 6.45) is 0. The molecule has 2 nitrogen and oxygen atoms in total. The van der Waals surface area contributed by atoms with Crippen LogP contribution in [0.3, 0.4) is 0 Å². The Morgan fingerprint density at radius 2 is 0.850 bits per heavy atom. The van der Waals surface area contributed by atoms with Crippen molar-refractivity contribution >= 4 is 43.9 Å². The van der Waals surface area contributed by atoms with E-state index in [9.17, 15) is 0 Å². The quantitative estimate of drug-likeness (QED) is 0.199. The van der Waals surface area contributed by atoms with Gasteiger partial charge in [-0.1, -0.05) is 90.1 Å². The molecule has 2 heterocycles. The Morgan fingerprint density at radius 1 is 0.450 bits per heavy atom. The molecule has 0 N–H and O–H groups in total. The number of furan rings is 2. The van der Waals surface area contributed by atoms with Crippen molar-refractivity contribution < 1.29 is 8.83 Å². The van der Waals surface area contributed by atoms with E-state index in [1.165, 1.54) is 66.1 Å². The first kappa shape index (κ1) is 23.6. The van der Waals surface area contributed by atoms with Crippen LogP contribution in [-0.4, -0.2) is 0 Å². The molecule has 2 aliphatic rings. The molecule has 0 aliphatic heterocycles. The summed E-state index contributed by atoms with van der Waals surface area (Å²) in [5.41, 5.74) is 14.5. The molecule has 0 unspecified atom stereocenters. The Labute approximate surface area is 234 Å². The lowest BCUT2D eigenvalue weighted by molar-refractivity contribution is 0.650. The smallest absolute Gasteiger partial charge is 0.136 e. The Morgan fingerprint density at radius 3 is 1.27 bits per heavy atom. The van der Waals surface area contributed by atoms with Crippen LogP contribution in [0.4, 0.5) is 0 Å². The standard InChI is InChI=1S/C36H26O2.C2H6/c1-35(2)23-13-15-29-33(19-9-5-7-11-27(19)37-29)31(23)21-18-26-22(17-25(21)35)32-24(36(26,3)4)14-16-30-34(32)20-10-6-8-12-28(20)38-30;1-2/h5-18H,1-4H3;1-2H3. The number of rotatable bonds is 0. The summed E-state index contributed by atoms with van der Waals surface area (Å²) in [6, 6.07) is 30.7. The largest absolute Gasteiger partial charge is 0.456 e. The van der Waals surface area contributed by atoms with Crippen molar-refractivity contribution in [2.75, 3.05) is 0 Å². The predicted octanol–water partition coefficient (Wildman–Crippen LogP) is 11.1. The molecule has 7 aromatic rings. The van der Waals surface area contributed by atoms with Gasteiger partial charge in [-0.3, -0.25) is 0 Å². The molecule has 196 valence electrons. The molecule has 0 radical (unpaired) electrons. The van der Waals surface area contributed by atoms with Gasteiger partial charge in [-0.2, -0.15) is 0 Å². The number of hydrogen-bond donors (Lipinski definition) is 0. The van der Waals surface area contributed by atoms with Gasteiger partial charge in [0.2, 0.25) is 0 Å². The maximum absolute atomic E-state index is 6.31. The van der Waals surface area contributed by atoms with E-state index in [0.717, 1.165) is 22.3 Å². The minimum atomic E-state index is -0.120. The highest BCUT2D eigenvalue weighted by Gasteiger charge is 2.43. The molecule has 2 aliphatic carbocycles. The van der Waals surface area contributed by atoms with Crippen molar-refractivity contribution in [3.63, 3.8) is 0 Å². The van der Waals surface area contributed by atoms with Crippen LogP contribution in [0.5, 0.6) is 0 Å². The molecular weight excluding hydrogens is 488 g/mol. The first-order valence-corrected chi connectivity index (χ1v) is 14.4. The summed E-state index contributed by atoms with van der Waals surface area (Å²) in [5.74, 6) is 0. The summed E-state index contributed by atoms with van der Waals surface area (Å²) in [4.78, 5) is 0. The molecule has 0 atom stereocenters. The third kappa shape index (κ3) is 2.69. The van der Waals surface area contributed by atoms with Gasteiger partial charge in [-0.05, 0) is 80.9 Å². The van der Waals surface area contributed by atoms with Crippen molar-refractivity contribution in [1.29, 1.82) is 0 Å². The van der Waals surface area contributed by atoms with Gasteiger partial charge in [0.15, 0.2) is 0 Å². The van der Waals surface area contributed by atoms with E-state index in [2.05, 4.69) is 113 Å². The highest BCUT2D eigenvalue weighted by Crippen LogP contribution is 2.59. The van der Waals surface area contributed by atoms with Crippen LogP contribution in [0.25, 0.3) is 66.1 Å². The molecule has 0 spiro atoms. The van der Waals surface area contributed by atoms with Crippen molar-refractivity contribution in [3.05, 3.63) is 107 Å². The van der Waals surface area contributed by atoms with Gasteiger partial charge in [0.1, 0.15) is 22.3 Å². The zero-order valence-corrected chi connectivity index (χ0v) is 23.9. The van der Waals surface area contributed by atoms with Gasteiger partial charge in [0.05, 0.1) is 0 Å². The maximum Gasteiger partial charge on any atom is 0.136 e. The van der Waals surface area contributed by atoms with Crippen molar-refractivity contribution in [2.45, 2.75) is 52.4 Å². The second-order valence-corrected chi connectivity index (χ2v) is 12.1. The van der Waals surface area contributed by atoms with Gasteiger partial charge >= 0.3 is 0 Å². The minimum absolute atomic E-state index is 0.120. The molecule has 0 saturated carbocycles. The molecule has 9 rings (SSSR count). The normalized spacial score (nSPS) is 15.7. The number of hydrogen-bond acceptors (Lipinski definition) is 2. The summed E-state index contributed by atoms with van der Waals surface area (Å²) < 4.78 is 12.6. The molecule has 0 saturated heterocycles. The average Bonchev–Trinajstić information content (AvgIpc) is 3.65. The number of para-hydroxylation sites is 2. The third-order valence-corrected chi connectivity index (χ3v) is 9.48. The Balaban J connectivity index is 0.00000120. The molecule has 40 heavy (non-hydrogen) atoms. The fourth-order valence-electron chi connectivity index (χ4n) is 7.57. The lowest BCUT2D eigenvalue weighted by atomic mass is 9.79. The predicted molar refractivity (Wildman–Crippen MR) is 167 cm³/mol. The summed E-state index contributed by atoms with van der Waals surface area (Å²) in [7, 11) is 0. The van der Waals surface area contributed by atoms with Crippen molar-refractivity contribution in [1.82, 2.24) is 0 Å². The van der Waals surface area contributed by atoms with Crippen LogP contribution < -0.4 is 0 Å². The minimum Gasteiger partial charge on any atom is -0.456 e. The number of benzene rings is 5. The zero-order valence-electron chi connectivity index (χ0n) is 23.9. The Kier molecular flexibility index (Phi) is 4.52. The van der Waals surface area contributed by atoms with Gasteiger partial charge in [0, 0.05) is 32.4 Å². The van der Waals surface area contributed by atoms with Crippen LogP contribution in [0.15, 0.2) is 93.8 Å². The molecule has 0 fully saturated rings. The molecule has 0 amide bonds. The number of fused-ring (bicyclic) bond motifs is 14. The maximum atomic E-state index is 6.31. The van der Waals surface area contributed by atoms with Crippen molar-refractivity contribution in [2.24, 2.45) is 0 Å². The average molecular weight is 521 g/mol. The van der Waals surface area contributed by atoms with Gasteiger partial charge in [0.25, 0.3) is 0 Å². The first-order chi connectivity index (χ1) is 19.4. The van der Waals surface area contributed by atoms with Gasteiger partial charge in [-0.25, -0.2) is 0 Å². The van der Waals surface area contributed by atoms with Crippen LogP contribution in [-0.2, 0) is 10.8 Å². The Bertz CT molecular complexity index is 2020. The SMILES string of the molecule is CC.CC1(C)c2cc3c(cc2-c2c1ccc1oc4ccccc4c21)C(C)(C)c1ccc2oc4ccccc4c2c1-3. The second-order valence-electron chi connectivity index (χ2n) is 12.1. The fraction of sp³-hybridized carbons (Fsp3) is 0.211. The van der Waals surface area contributed by atoms with E-state index < -0.39 is 0 Å². The second kappa shape index (κ2) is 7.67. The summed E-state index contributed by atoms with van der Waals surface area (Å²) in [5, 5.41) is 4.86. The molecule has 0 bridgehead atoms.